The molecule has 3 heteroatoms. The average Bonchev–Trinajstić information content (AvgIpc) is 2.30. The number of aliphatic hydroxyl groups excluding tert-OH is 1. The standard InChI is InChI=1S/C13H20OS2/c1-12-6-8-13(9-7-12)16-15-11-5-3-2-4-10-14/h6-9,14H,2-5,10-11H2,1H3. The van der Waals surface area contributed by atoms with Crippen LogP contribution in [0.1, 0.15) is 31.2 Å². The van der Waals surface area contributed by atoms with Crippen molar-refractivity contribution in [3.8, 4) is 0 Å². The molecule has 0 aliphatic heterocycles. The van der Waals surface area contributed by atoms with E-state index in [1.54, 1.807) is 0 Å². The Labute approximate surface area is 106 Å². The van der Waals surface area contributed by atoms with Crippen LogP contribution in [-0.4, -0.2) is 17.5 Å². The van der Waals surface area contributed by atoms with Gasteiger partial charge in [-0.15, -0.1) is 0 Å². The second-order valence-corrected chi connectivity index (χ2v) is 6.35. The Kier molecular flexibility index (Phi) is 7.81. The Balaban J connectivity index is 2.01. The Hall–Kier alpha value is -0.120. The van der Waals surface area contributed by atoms with Crippen molar-refractivity contribution >= 4 is 21.6 Å². The molecule has 0 spiro atoms. The average molecular weight is 256 g/mol. The summed E-state index contributed by atoms with van der Waals surface area (Å²) in [5.74, 6) is 1.20. The van der Waals surface area contributed by atoms with Crippen LogP contribution in [0.25, 0.3) is 0 Å². The molecule has 0 bridgehead atoms. The van der Waals surface area contributed by atoms with Gasteiger partial charge in [-0.3, -0.25) is 0 Å². The zero-order chi connectivity index (χ0) is 11.6. The molecule has 0 radical (unpaired) electrons. The van der Waals surface area contributed by atoms with Crippen molar-refractivity contribution in [3.05, 3.63) is 29.8 Å². The lowest BCUT2D eigenvalue weighted by Gasteiger charge is -2.01. The summed E-state index contributed by atoms with van der Waals surface area (Å²) in [5, 5.41) is 8.63. The fourth-order valence-electron chi connectivity index (χ4n) is 1.33. The molecule has 16 heavy (non-hydrogen) atoms. The van der Waals surface area contributed by atoms with Crippen molar-refractivity contribution in [3.63, 3.8) is 0 Å². The summed E-state index contributed by atoms with van der Waals surface area (Å²) >= 11 is 0. The van der Waals surface area contributed by atoms with Gasteiger partial charge in [-0.2, -0.15) is 0 Å². The molecule has 0 saturated carbocycles. The van der Waals surface area contributed by atoms with Gasteiger partial charge in [0.05, 0.1) is 0 Å². The van der Waals surface area contributed by atoms with Crippen molar-refractivity contribution < 1.29 is 5.11 Å². The minimum absolute atomic E-state index is 0.339. The van der Waals surface area contributed by atoms with E-state index >= 15 is 0 Å². The van der Waals surface area contributed by atoms with Gasteiger partial charge in [0.25, 0.3) is 0 Å². The minimum Gasteiger partial charge on any atom is -0.396 e. The summed E-state index contributed by atoms with van der Waals surface area (Å²) in [4.78, 5) is 1.34. The van der Waals surface area contributed by atoms with Crippen molar-refractivity contribution in [2.45, 2.75) is 37.5 Å². The predicted molar refractivity (Wildman–Crippen MR) is 75.0 cm³/mol. The molecule has 0 aliphatic carbocycles. The molecule has 0 atom stereocenters. The van der Waals surface area contributed by atoms with E-state index in [0.29, 0.717) is 6.61 Å². The number of aryl methyl sites for hydroxylation is 1. The number of benzene rings is 1. The van der Waals surface area contributed by atoms with E-state index in [-0.39, 0.29) is 0 Å². The summed E-state index contributed by atoms with van der Waals surface area (Å²) < 4.78 is 0. The van der Waals surface area contributed by atoms with Gasteiger partial charge in [-0.1, -0.05) is 52.1 Å². The topological polar surface area (TPSA) is 20.2 Å². The van der Waals surface area contributed by atoms with Crippen molar-refractivity contribution in [1.82, 2.24) is 0 Å². The Bertz CT molecular complexity index is 272. The smallest absolute Gasteiger partial charge is 0.0431 e. The quantitative estimate of drug-likeness (QED) is 0.553. The Morgan fingerprint density at radius 1 is 1.00 bits per heavy atom. The van der Waals surface area contributed by atoms with Crippen LogP contribution in [0.3, 0.4) is 0 Å². The highest BCUT2D eigenvalue weighted by Crippen LogP contribution is 2.31. The lowest BCUT2D eigenvalue weighted by Crippen LogP contribution is -1.84. The molecule has 1 N–H and O–H groups in total. The molecule has 0 heterocycles. The summed E-state index contributed by atoms with van der Waals surface area (Å²) in [6.45, 7) is 2.45. The maximum atomic E-state index is 8.63. The fourth-order valence-corrected chi connectivity index (χ4v) is 3.46. The third-order valence-electron chi connectivity index (χ3n) is 2.31. The van der Waals surface area contributed by atoms with Crippen LogP contribution in [-0.2, 0) is 0 Å². The lowest BCUT2D eigenvalue weighted by molar-refractivity contribution is 0.283. The largest absolute Gasteiger partial charge is 0.396 e. The maximum absolute atomic E-state index is 8.63. The second kappa shape index (κ2) is 8.97. The first-order valence-electron chi connectivity index (χ1n) is 5.80. The van der Waals surface area contributed by atoms with Gasteiger partial charge in [0.2, 0.25) is 0 Å². The second-order valence-electron chi connectivity index (χ2n) is 3.86. The van der Waals surface area contributed by atoms with Crippen LogP contribution >= 0.6 is 21.6 Å². The molecule has 1 aromatic rings. The SMILES string of the molecule is Cc1ccc(SSCCCCCCO)cc1. The normalized spacial score (nSPS) is 10.6. The van der Waals surface area contributed by atoms with Crippen LogP contribution in [0.5, 0.6) is 0 Å². The van der Waals surface area contributed by atoms with E-state index in [2.05, 4.69) is 31.2 Å². The van der Waals surface area contributed by atoms with Crippen LogP contribution in [0.4, 0.5) is 0 Å². The van der Waals surface area contributed by atoms with E-state index in [9.17, 15) is 0 Å². The van der Waals surface area contributed by atoms with Crippen molar-refractivity contribution in [2.75, 3.05) is 12.4 Å². The zero-order valence-electron chi connectivity index (χ0n) is 9.82. The zero-order valence-corrected chi connectivity index (χ0v) is 11.4. The summed E-state index contributed by atoms with van der Waals surface area (Å²) in [7, 11) is 3.78. The highest BCUT2D eigenvalue weighted by atomic mass is 33.1. The van der Waals surface area contributed by atoms with Gasteiger partial charge in [0, 0.05) is 17.3 Å². The molecule has 0 aromatic heterocycles. The minimum atomic E-state index is 0.339. The number of unbranched alkanes of at least 4 members (excludes halogenated alkanes) is 3. The number of rotatable bonds is 8. The number of aliphatic hydroxyl groups is 1. The molecule has 1 nitrogen and oxygen atoms in total. The van der Waals surface area contributed by atoms with E-state index in [0.717, 1.165) is 12.8 Å². The van der Waals surface area contributed by atoms with E-state index in [4.69, 9.17) is 5.11 Å². The molecule has 90 valence electrons. The van der Waals surface area contributed by atoms with Crippen molar-refractivity contribution in [1.29, 1.82) is 0 Å². The molecule has 1 aromatic carbocycles. The van der Waals surface area contributed by atoms with E-state index in [1.807, 2.05) is 21.6 Å². The first-order valence-corrected chi connectivity index (χ1v) is 8.12. The molecule has 0 fully saturated rings. The van der Waals surface area contributed by atoms with E-state index < -0.39 is 0 Å². The third kappa shape index (κ3) is 6.46. The molecular weight excluding hydrogens is 236 g/mol. The molecule has 0 unspecified atom stereocenters. The first-order chi connectivity index (χ1) is 7.83. The first kappa shape index (κ1) is 13.9. The van der Waals surface area contributed by atoms with Crippen LogP contribution in [0, 0.1) is 6.92 Å². The highest BCUT2D eigenvalue weighted by molar-refractivity contribution is 8.76. The lowest BCUT2D eigenvalue weighted by atomic mass is 10.2. The third-order valence-corrected chi connectivity index (χ3v) is 4.78. The summed E-state index contributed by atoms with van der Waals surface area (Å²) in [6, 6.07) is 8.67. The van der Waals surface area contributed by atoms with Gasteiger partial charge in [-0.05, 0) is 31.9 Å². The van der Waals surface area contributed by atoms with Gasteiger partial charge < -0.3 is 5.11 Å². The molecule has 0 saturated heterocycles. The fraction of sp³-hybridized carbons (Fsp3) is 0.538. The van der Waals surface area contributed by atoms with Crippen LogP contribution in [0.2, 0.25) is 0 Å². The number of hydrogen-bond acceptors (Lipinski definition) is 3. The van der Waals surface area contributed by atoms with Gasteiger partial charge in [0.1, 0.15) is 0 Å². The maximum Gasteiger partial charge on any atom is 0.0431 e. The Morgan fingerprint density at radius 3 is 2.38 bits per heavy atom. The van der Waals surface area contributed by atoms with Crippen LogP contribution < -0.4 is 0 Å². The Morgan fingerprint density at radius 2 is 1.69 bits per heavy atom. The van der Waals surface area contributed by atoms with Crippen LogP contribution in [0.15, 0.2) is 29.2 Å². The van der Waals surface area contributed by atoms with Gasteiger partial charge in [-0.25, -0.2) is 0 Å². The monoisotopic (exact) mass is 256 g/mol. The van der Waals surface area contributed by atoms with Gasteiger partial charge >= 0.3 is 0 Å². The van der Waals surface area contributed by atoms with Gasteiger partial charge in [0.15, 0.2) is 0 Å². The van der Waals surface area contributed by atoms with Crippen molar-refractivity contribution in [2.24, 2.45) is 0 Å². The summed E-state index contributed by atoms with van der Waals surface area (Å²) in [5.41, 5.74) is 1.32. The summed E-state index contributed by atoms with van der Waals surface area (Å²) in [6.07, 6.45) is 4.60. The number of hydrogen-bond donors (Lipinski definition) is 1. The molecule has 0 amide bonds. The predicted octanol–water partition coefficient (Wildman–Crippen LogP) is 4.29. The molecule has 1 rings (SSSR count). The molecule has 0 aliphatic rings. The highest BCUT2D eigenvalue weighted by Gasteiger charge is 1.95. The molecular formula is C13H20OS2. The van der Waals surface area contributed by atoms with E-state index in [1.165, 1.54) is 29.1 Å².